The van der Waals surface area contributed by atoms with Crippen LogP contribution in [-0.2, 0) is 11.3 Å². The average Bonchev–Trinajstić information content (AvgIpc) is 2.73. The molecule has 1 saturated carbocycles. The molecule has 0 unspecified atom stereocenters. The molecule has 0 aromatic carbocycles. The number of nitrogens with two attached hydrogens (primary N) is 1. The predicted molar refractivity (Wildman–Crippen MR) is 66.0 cm³/mol. The Labute approximate surface area is 101 Å². The molecule has 4 N–H and O–H groups in total. The van der Waals surface area contributed by atoms with Crippen molar-refractivity contribution in [3.8, 4) is 0 Å². The van der Waals surface area contributed by atoms with Gasteiger partial charge < -0.3 is 11.1 Å². The van der Waals surface area contributed by atoms with Gasteiger partial charge in [-0.2, -0.15) is 5.10 Å². The second-order valence-corrected chi connectivity index (χ2v) is 4.98. The Bertz CT molecular complexity index is 380. The lowest BCUT2D eigenvalue weighted by atomic mass is 9.82. The number of rotatable bonds is 3. The fourth-order valence-electron chi connectivity index (χ4n) is 2.31. The molecule has 0 radical (unpaired) electrons. The molecule has 1 aromatic rings. The summed E-state index contributed by atoms with van der Waals surface area (Å²) >= 11 is 0. The van der Waals surface area contributed by atoms with Crippen LogP contribution in [-0.4, -0.2) is 16.1 Å². The summed E-state index contributed by atoms with van der Waals surface area (Å²) in [7, 11) is 0. The van der Waals surface area contributed by atoms with E-state index in [2.05, 4.69) is 22.4 Å². The van der Waals surface area contributed by atoms with Gasteiger partial charge in [-0.1, -0.05) is 6.92 Å². The number of hydrogen-bond acceptors (Lipinski definition) is 3. The van der Waals surface area contributed by atoms with Crippen LogP contribution in [0.5, 0.6) is 0 Å². The van der Waals surface area contributed by atoms with E-state index in [9.17, 15) is 4.79 Å². The Kier molecular flexibility index (Phi) is 3.66. The van der Waals surface area contributed by atoms with Crippen molar-refractivity contribution in [1.29, 1.82) is 0 Å². The highest BCUT2D eigenvalue weighted by Crippen LogP contribution is 2.28. The molecule has 17 heavy (non-hydrogen) atoms. The van der Waals surface area contributed by atoms with E-state index in [1.165, 1.54) is 0 Å². The minimum absolute atomic E-state index is 0.150. The minimum atomic E-state index is 0.150. The first-order chi connectivity index (χ1) is 8.16. The Balaban J connectivity index is 1.80. The van der Waals surface area contributed by atoms with Gasteiger partial charge in [0.15, 0.2) is 0 Å². The van der Waals surface area contributed by atoms with E-state index >= 15 is 0 Å². The lowest BCUT2D eigenvalue weighted by Gasteiger charge is -2.25. The van der Waals surface area contributed by atoms with Gasteiger partial charge in [0.25, 0.3) is 0 Å². The number of aromatic nitrogens is 2. The number of nitrogens with one attached hydrogen (secondary N) is 2. The highest BCUT2D eigenvalue weighted by Gasteiger charge is 2.24. The molecule has 5 nitrogen and oxygen atoms in total. The van der Waals surface area contributed by atoms with E-state index < -0.39 is 0 Å². The van der Waals surface area contributed by atoms with Crippen molar-refractivity contribution in [2.45, 2.75) is 39.2 Å². The summed E-state index contributed by atoms with van der Waals surface area (Å²) in [6.07, 6.45) is 5.98. The van der Waals surface area contributed by atoms with Crippen LogP contribution in [0.2, 0.25) is 0 Å². The van der Waals surface area contributed by atoms with Crippen LogP contribution in [0, 0.1) is 11.8 Å². The van der Waals surface area contributed by atoms with Crippen molar-refractivity contribution in [1.82, 2.24) is 15.5 Å². The Morgan fingerprint density at radius 1 is 1.53 bits per heavy atom. The maximum atomic E-state index is 11.9. The largest absolute Gasteiger partial charge is 0.384 e. The number of H-pyrrole nitrogens is 1. The van der Waals surface area contributed by atoms with Gasteiger partial charge in [0.2, 0.25) is 5.91 Å². The van der Waals surface area contributed by atoms with Crippen LogP contribution in [0.4, 0.5) is 5.82 Å². The fourth-order valence-corrected chi connectivity index (χ4v) is 2.31. The number of hydrogen-bond donors (Lipinski definition) is 3. The van der Waals surface area contributed by atoms with E-state index in [1.54, 1.807) is 6.20 Å². The molecule has 1 aliphatic rings. The third-order valence-electron chi connectivity index (χ3n) is 3.59. The Morgan fingerprint density at radius 3 is 2.82 bits per heavy atom. The second kappa shape index (κ2) is 5.21. The summed E-state index contributed by atoms with van der Waals surface area (Å²) in [5.74, 6) is 1.63. The second-order valence-electron chi connectivity index (χ2n) is 4.98. The summed E-state index contributed by atoms with van der Waals surface area (Å²) < 4.78 is 0. The Morgan fingerprint density at radius 2 is 2.24 bits per heavy atom. The maximum absolute atomic E-state index is 11.9. The van der Waals surface area contributed by atoms with Crippen molar-refractivity contribution >= 4 is 11.7 Å². The zero-order valence-electron chi connectivity index (χ0n) is 10.2. The summed E-state index contributed by atoms with van der Waals surface area (Å²) in [6, 6.07) is 0. The highest BCUT2D eigenvalue weighted by atomic mass is 16.1. The van der Waals surface area contributed by atoms with Gasteiger partial charge in [0.05, 0.1) is 6.20 Å². The average molecular weight is 236 g/mol. The van der Waals surface area contributed by atoms with Crippen LogP contribution in [0.3, 0.4) is 0 Å². The number of carbonyl (C=O) groups is 1. The van der Waals surface area contributed by atoms with Gasteiger partial charge in [-0.25, -0.2) is 0 Å². The SMILES string of the molecule is CC1CCC(C(=O)NCc2cn[nH]c2N)CC1. The van der Waals surface area contributed by atoms with Crippen molar-refractivity contribution in [2.24, 2.45) is 11.8 Å². The molecule has 1 aliphatic carbocycles. The normalized spacial score (nSPS) is 24.5. The maximum Gasteiger partial charge on any atom is 0.223 e. The number of nitrogens with zero attached hydrogens (tertiary/aromatic N) is 1. The summed E-state index contributed by atoms with van der Waals surface area (Å²) in [6.45, 7) is 2.72. The molecule has 1 amide bonds. The molecule has 0 saturated heterocycles. The van der Waals surface area contributed by atoms with Crippen molar-refractivity contribution in [2.75, 3.05) is 5.73 Å². The van der Waals surface area contributed by atoms with Crippen molar-refractivity contribution in [3.63, 3.8) is 0 Å². The smallest absolute Gasteiger partial charge is 0.223 e. The molecule has 0 bridgehead atoms. The van der Waals surface area contributed by atoms with Crippen LogP contribution in [0.25, 0.3) is 0 Å². The zero-order chi connectivity index (χ0) is 12.3. The molecule has 1 fully saturated rings. The van der Waals surface area contributed by atoms with Crippen molar-refractivity contribution in [3.05, 3.63) is 11.8 Å². The third kappa shape index (κ3) is 2.99. The third-order valence-corrected chi connectivity index (χ3v) is 3.59. The van der Waals surface area contributed by atoms with E-state index in [4.69, 9.17) is 5.73 Å². The number of anilines is 1. The molecule has 1 aromatic heterocycles. The van der Waals surface area contributed by atoms with E-state index in [0.717, 1.165) is 37.2 Å². The zero-order valence-corrected chi connectivity index (χ0v) is 10.2. The molecule has 94 valence electrons. The van der Waals surface area contributed by atoms with Gasteiger partial charge in [0, 0.05) is 18.0 Å². The van der Waals surface area contributed by atoms with Crippen LogP contribution in [0.15, 0.2) is 6.20 Å². The van der Waals surface area contributed by atoms with Crippen LogP contribution in [0.1, 0.15) is 38.2 Å². The topological polar surface area (TPSA) is 83.8 Å². The molecule has 0 atom stereocenters. The van der Waals surface area contributed by atoms with E-state index in [1.807, 2.05) is 0 Å². The number of nitrogen functional groups attached to an aromatic ring is 1. The molecule has 0 aliphatic heterocycles. The molecule has 1 heterocycles. The Hall–Kier alpha value is -1.52. The first kappa shape index (κ1) is 12.0. The predicted octanol–water partition coefficient (Wildman–Crippen LogP) is 1.43. The molecule has 5 heteroatoms. The highest BCUT2D eigenvalue weighted by molar-refractivity contribution is 5.78. The van der Waals surface area contributed by atoms with Crippen LogP contribution >= 0.6 is 0 Å². The summed E-state index contributed by atoms with van der Waals surface area (Å²) in [5, 5.41) is 9.41. The molecule has 0 spiro atoms. The monoisotopic (exact) mass is 236 g/mol. The van der Waals surface area contributed by atoms with Gasteiger partial charge in [-0.3, -0.25) is 9.89 Å². The molecule has 2 rings (SSSR count). The van der Waals surface area contributed by atoms with Gasteiger partial charge in [-0.15, -0.1) is 0 Å². The molecular weight excluding hydrogens is 216 g/mol. The lowest BCUT2D eigenvalue weighted by Crippen LogP contribution is -2.32. The van der Waals surface area contributed by atoms with Crippen molar-refractivity contribution < 1.29 is 4.79 Å². The molecular formula is C12H20N4O. The van der Waals surface area contributed by atoms with Gasteiger partial charge in [-0.05, 0) is 31.6 Å². The first-order valence-corrected chi connectivity index (χ1v) is 6.22. The van der Waals surface area contributed by atoms with Gasteiger partial charge in [0.1, 0.15) is 5.82 Å². The van der Waals surface area contributed by atoms with E-state index in [0.29, 0.717) is 12.4 Å². The van der Waals surface area contributed by atoms with E-state index in [-0.39, 0.29) is 11.8 Å². The summed E-state index contributed by atoms with van der Waals surface area (Å²) in [4.78, 5) is 11.9. The summed E-state index contributed by atoms with van der Waals surface area (Å²) in [5.41, 5.74) is 6.50. The number of carbonyl (C=O) groups excluding carboxylic acids is 1. The number of aromatic amines is 1. The quantitative estimate of drug-likeness (QED) is 0.742. The lowest BCUT2D eigenvalue weighted by molar-refractivity contribution is -0.126. The standard InChI is InChI=1S/C12H20N4O/c1-8-2-4-9(5-3-8)12(17)14-6-10-7-15-16-11(10)13/h7-9H,2-6H2,1H3,(H,14,17)(H3,13,15,16). The van der Waals surface area contributed by atoms with Gasteiger partial charge >= 0.3 is 0 Å². The number of amides is 1. The minimum Gasteiger partial charge on any atom is -0.384 e. The fraction of sp³-hybridized carbons (Fsp3) is 0.667. The first-order valence-electron chi connectivity index (χ1n) is 6.22. The van der Waals surface area contributed by atoms with Crippen LogP contribution < -0.4 is 11.1 Å².